The average Bonchev–Trinajstić information content (AvgIpc) is 2.92. The lowest BCUT2D eigenvalue weighted by Gasteiger charge is -2.24. The van der Waals surface area contributed by atoms with Gasteiger partial charge in [0.2, 0.25) is 0 Å². The van der Waals surface area contributed by atoms with E-state index in [0.29, 0.717) is 11.1 Å². The van der Waals surface area contributed by atoms with Gasteiger partial charge in [-0.3, -0.25) is 4.79 Å². The molecule has 37 heavy (non-hydrogen) atoms. The van der Waals surface area contributed by atoms with E-state index in [0.717, 1.165) is 22.9 Å². The number of aliphatic carboxylic acids is 1. The molecule has 1 amide bonds. The minimum absolute atomic E-state index is 0.146. The maximum Gasteiger partial charge on any atom is 0.328 e. The van der Waals surface area contributed by atoms with Crippen LogP contribution in [0.5, 0.6) is 0 Å². The van der Waals surface area contributed by atoms with Crippen molar-refractivity contribution in [2.24, 2.45) is 0 Å². The molecule has 0 spiro atoms. The number of carboxylic acids is 1. The van der Waals surface area contributed by atoms with Crippen LogP contribution in [0.3, 0.4) is 0 Å². The quantitative estimate of drug-likeness (QED) is 0.283. The third-order valence-corrected chi connectivity index (χ3v) is 5.75. The summed E-state index contributed by atoms with van der Waals surface area (Å²) in [7, 11) is 3.95. The van der Waals surface area contributed by atoms with Crippen LogP contribution >= 0.6 is 0 Å². The van der Waals surface area contributed by atoms with Crippen LogP contribution in [0.4, 0.5) is 15.8 Å². The highest BCUT2D eigenvalue weighted by atomic mass is 19.1. The number of nitrogens with zero attached hydrogens (tertiary/aromatic N) is 2. The lowest BCUT2D eigenvalue weighted by molar-refractivity contribution is -0.131. The highest BCUT2D eigenvalue weighted by Gasteiger charge is 2.19. The van der Waals surface area contributed by atoms with E-state index in [4.69, 9.17) is 6.48 Å². The Morgan fingerprint density at radius 3 is 2.08 bits per heavy atom. The Balaban J connectivity index is 1.71. The van der Waals surface area contributed by atoms with Crippen LogP contribution < -0.4 is 9.80 Å². The van der Waals surface area contributed by atoms with Crippen LogP contribution in [0.25, 0.3) is 17.2 Å². The molecule has 6 heteroatoms. The third-order valence-electron chi connectivity index (χ3n) is 5.75. The van der Waals surface area contributed by atoms with E-state index in [1.807, 2.05) is 55.4 Å². The summed E-state index contributed by atoms with van der Waals surface area (Å²) in [4.78, 5) is 27.8. The second-order valence-corrected chi connectivity index (χ2v) is 8.65. The number of carboxylic acid groups (broad SMARTS) is 1. The first-order valence-electron chi connectivity index (χ1n) is 12.2. The van der Waals surface area contributed by atoms with Crippen LogP contribution in [0.1, 0.15) is 22.9 Å². The van der Waals surface area contributed by atoms with Crippen molar-refractivity contribution in [3.63, 3.8) is 0 Å². The fourth-order valence-electron chi connectivity index (χ4n) is 3.83. The van der Waals surface area contributed by atoms with Crippen molar-refractivity contribution >= 4 is 29.3 Å². The Bertz CT molecular complexity index is 1450. The van der Waals surface area contributed by atoms with Gasteiger partial charge in [0.25, 0.3) is 5.91 Å². The minimum Gasteiger partial charge on any atom is -0.478 e. The van der Waals surface area contributed by atoms with Crippen molar-refractivity contribution in [3.05, 3.63) is 126 Å². The zero-order chi connectivity index (χ0) is 27.2. The van der Waals surface area contributed by atoms with Crippen LogP contribution in [-0.4, -0.2) is 31.1 Å². The normalized spacial score (nSPS) is 12.1. The van der Waals surface area contributed by atoms with Gasteiger partial charge in [-0.1, -0.05) is 54.6 Å². The summed E-state index contributed by atoms with van der Waals surface area (Å²) in [6.45, 7) is -1.19. The van der Waals surface area contributed by atoms with Crippen LogP contribution in [0.2, 0.25) is 0 Å². The van der Waals surface area contributed by atoms with Crippen molar-refractivity contribution in [2.45, 2.75) is 6.52 Å². The summed E-state index contributed by atoms with van der Waals surface area (Å²) < 4.78 is 23.6. The molecule has 0 aliphatic carbocycles. The number of halogens is 1. The molecule has 0 saturated heterocycles. The number of amides is 1. The average molecular weight is 496 g/mol. The number of benzene rings is 4. The predicted octanol–water partition coefficient (Wildman–Crippen LogP) is 6.50. The molecule has 0 aliphatic rings. The van der Waals surface area contributed by atoms with Gasteiger partial charge in [0.15, 0.2) is 0 Å². The molecule has 0 unspecified atom stereocenters. The largest absolute Gasteiger partial charge is 0.478 e. The van der Waals surface area contributed by atoms with E-state index in [-0.39, 0.29) is 11.3 Å². The molecule has 4 aromatic carbocycles. The Morgan fingerprint density at radius 2 is 1.49 bits per heavy atom. The van der Waals surface area contributed by atoms with Crippen LogP contribution in [-0.2, 0) is 11.3 Å². The molecule has 4 rings (SSSR count). The summed E-state index contributed by atoms with van der Waals surface area (Å²) in [6.07, 6.45) is 2.14. The van der Waals surface area contributed by atoms with E-state index < -0.39 is 24.2 Å². The summed E-state index contributed by atoms with van der Waals surface area (Å²) in [5.74, 6) is -2.31. The molecule has 0 aromatic heterocycles. The molecule has 0 aliphatic heterocycles. The molecule has 4 aromatic rings. The van der Waals surface area contributed by atoms with Crippen LogP contribution in [0, 0.1) is 5.82 Å². The predicted molar refractivity (Wildman–Crippen MR) is 146 cm³/mol. The van der Waals surface area contributed by atoms with Crippen LogP contribution in [0.15, 0.2) is 103 Å². The van der Waals surface area contributed by atoms with E-state index in [2.05, 4.69) is 0 Å². The number of anilines is 2. The Morgan fingerprint density at radius 1 is 0.865 bits per heavy atom. The van der Waals surface area contributed by atoms with E-state index >= 15 is 0 Å². The first-order valence-corrected chi connectivity index (χ1v) is 11.6. The molecule has 0 bridgehead atoms. The highest BCUT2D eigenvalue weighted by Crippen LogP contribution is 2.26. The van der Waals surface area contributed by atoms with Crippen molar-refractivity contribution in [1.82, 2.24) is 0 Å². The van der Waals surface area contributed by atoms with Crippen molar-refractivity contribution < 1.29 is 20.5 Å². The van der Waals surface area contributed by atoms with E-state index in [1.54, 1.807) is 42.5 Å². The van der Waals surface area contributed by atoms with Gasteiger partial charge in [0.1, 0.15) is 5.82 Å². The van der Waals surface area contributed by atoms with Gasteiger partial charge in [0, 0.05) is 37.1 Å². The fourth-order valence-corrected chi connectivity index (χ4v) is 3.83. The molecule has 0 heterocycles. The lowest BCUT2D eigenvalue weighted by Crippen LogP contribution is -2.30. The Hall–Kier alpha value is -4.71. The Kier molecular flexibility index (Phi) is 7.36. The van der Waals surface area contributed by atoms with Gasteiger partial charge in [0.05, 0.1) is 7.89 Å². The molecule has 0 saturated carbocycles. The third kappa shape index (κ3) is 6.49. The summed E-state index contributed by atoms with van der Waals surface area (Å²) in [5.41, 5.74) is 4.34. The second kappa shape index (κ2) is 11.4. The van der Waals surface area contributed by atoms with Gasteiger partial charge in [-0.05, 0) is 70.8 Å². The van der Waals surface area contributed by atoms with Crippen molar-refractivity contribution in [2.75, 3.05) is 23.9 Å². The van der Waals surface area contributed by atoms with Gasteiger partial charge in [-0.2, -0.15) is 0 Å². The number of carbonyl (C=O) groups is 2. The molecule has 1 atom stereocenters. The number of hydrogen-bond acceptors (Lipinski definition) is 3. The fraction of sp³-hybridized carbons (Fsp3) is 0.0968. The maximum absolute atomic E-state index is 14.6. The first-order chi connectivity index (χ1) is 18.2. The standard InChI is InChI=1S/C31H27FN2O3/c1-33(2)28-15-13-25(14-16-28)24-11-8-22(9-12-24)21-34(31(37)26-6-4-3-5-7-26)29-19-23(10-17-30(35)36)18-27(32)20-29/h3-20H,21H2,1-2H3,(H,35,36)/b17-10+/i21D/t21-/m1/s1. The smallest absolute Gasteiger partial charge is 0.328 e. The topological polar surface area (TPSA) is 60.9 Å². The van der Waals surface area contributed by atoms with E-state index in [1.165, 1.54) is 29.2 Å². The number of rotatable bonds is 8. The molecular weight excluding hydrogens is 467 g/mol. The first kappa shape index (κ1) is 24.0. The zero-order valence-corrected chi connectivity index (χ0v) is 20.5. The maximum atomic E-state index is 14.6. The molecule has 5 nitrogen and oxygen atoms in total. The van der Waals surface area contributed by atoms with Gasteiger partial charge in [-0.25, -0.2) is 9.18 Å². The second-order valence-electron chi connectivity index (χ2n) is 8.65. The molecule has 1 N–H and O–H groups in total. The monoisotopic (exact) mass is 495 g/mol. The summed E-state index contributed by atoms with van der Waals surface area (Å²) in [6, 6.07) is 27.7. The minimum atomic E-state index is -1.19. The highest BCUT2D eigenvalue weighted by molar-refractivity contribution is 6.06. The van der Waals surface area contributed by atoms with Gasteiger partial charge in [-0.15, -0.1) is 0 Å². The number of carbonyl (C=O) groups excluding carboxylic acids is 1. The van der Waals surface area contributed by atoms with Crippen molar-refractivity contribution in [3.8, 4) is 11.1 Å². The van der Waals surface area contributed by atoms with Crippen molar-refractivity contribution in [1.29, 1.82) is 0 Å². The molecular formula is C31H27FN2O3. The summed E-state index contributed by atoms with van der Waals surface area (Å²) >= 11 is 0. The lowest BCUT2D eigenvalue weighted by atomic mass is 10.0. The zero-order valence-electron chi connectivity index (χ0n) is 21.5. The molecule has 0 radical (unpaired) electrons. The summed E-state index contributed by atoms with van der Waals surface area (Å²) in [5, 5.41) is 8.96. The SMILES string of the molecule is [2H][C@H](c1ccc(-c2ccc(N(C)C)cc2)cc1)N(C(=O)c1ccccc1)c1cc(F)cc(/C=C/C(=O)O)c1. The molecule has 0 fully saturated rings. The molecule has 186 valence electrons. The van der Waals surface area contributed by atoms with E-state index in [9.17, 15) is 14.0 Å². The van der Waals surface area contributed by atoms with Gasteiger partial charge < -0.3 is 14.9 Å². The van der Waals surface area contributed by atoms with Gasteiger partial charge >= 0.3 is 5.97 Å². The number of hydrogen-bond donors (Lipinski definition) is 1. The Labute approximate surface area is 217 Å².